The Morgan fingerprint density at radius 2 is 0.839 bits per heavy atom. The average Bonchev–Trinajstić information content (AvgIpc) is 3.24. The van der Waals surface area contributed by atoms with E-state index in [9.17, 15) is 19.2 Å². The summed E-state index contributed by atoms with van der Waals surface area (Å²) < 4.78 is 21.6. The van der Waals surface area contributed by atoms with Crippen LogP contribution in [0.25, 0.3) is 0 Å². The first-order chi connectivity index (χ1) is 27.3. The van der Waals surface area contributed by atoms with Crippen LogP contribution in [0.3, 0.4) is 0 Å². The molecule has 0 heterocycles. The molecule has 0 atom stereocenters. The maximum absolute atomic E-state index is 13.1. The highest BCUT2D eigenvalue weighted by molar-refractivity contribution is 5.93. The molecule has 2 fully saturated rings. The Kier molecular flexibility index (Phi) is 17.0. The topological polar surface area (TPSA) is 105 Å². The van der Waals surface area contributed by atoms with Crippen molar-refractivity contribution in [1.29, 1.82) is 0 Å². The lowest BCUT2D eigenvalue weighted by atomic mass is 9.78. The molecule has 8 nitrogen and oxygen atoms in total. The molecule has 2 aliphatic rings. The Labute approximate surface area is 332 Å². The molecule has 0 spiro atoms. The van der Waals surface area contributed by atoms with Gasteiger partial charge in [0.05, 0.1) is 24.3 Å². The van der Waals surface area contributed by atoms with Gasteiger partial charge in [-0.3, -0.25) is 0 Å². The molecule has 5 rings (SSSR count). The second-order valence-electron chi connectivity index (χ2n) is 15.5. The van der Waals surface area contributed by atoms with Crippen LogP contribution in [0.4, 0.5) is 0 Å². The van der Waals surface area contributed by atoms with Crippen molar-refractivity contribution in [2.45, 2.75) is 103 Å². The van der Waals surface area contributed by atoms with Crippen molar-refractivity contribution in [2.75, 3.05) is 13.2 Å². The third-order valence-electron chi connectivity index (χ3n) is 11.6. The minimum atomic E-state index is -0.512. The van der Waals surface area contributed by atoms with Crippen LogP contribution >= 0.6 is 0 Å². The Morgan fingerprint density at radius 3 is 1.18 bits per heavy atom. The molecule has 0 N–H and O–H groups in total. The number of para-hydroxylation sites is 2. The van der Waals surface area contributed by atoms with Gasteiger partial charge in [-0.15, -0.1) is 0 Å². The summed E-state index contributed by atoms with van der Waals surface area (Å²) in [6, 6.07) is 21.9. The minimum absolute atomic E-state index is 0.186. The first-order valence-corrected chi connectivity index (χ1v) is 20.6. The highest BCUT2D eigenvalue weighted by atomic mass is 16.6. The van der Waals surface area contributed by atoms with E-state index in [0.717, 1.165) is 51.4 Å². The molecular weight excluding hydrogens is 705 g/mol. The smallest absolute Gasteiger partial charge is 0.343 e. The molecule has 0 saturated heterocycles. The van der Waals surface area contributed by atoms with Gasteiger partial charge in [0, 0.05) is 12.2 Å². The first kappa shape index (κ1) is 42.2. The van der Waals surface area contributed by atoms with Crippen LogP contribution in [0.5, 0.6) is 11.5 Å². The predicted octanol–water partition coefficient (Wildman–Crippen LogP) is 10.6. The van der Waals surface area contributed by atoms with E-state index in [1.165, 1.54) is 74.6 Å². The zero-order valence-corrected chi connectivity index (χ0v) is 32.8. The summed E-state index contributed by atoms with van der Waals surface area (Å²) in [7, 11) is 0. The Balaban J connectivity index is 1.00. The summed E-state index contributed by atoms with van der Waals surface area (Å²) in [5.41, 5.74) is 3.24. The molecule has 2 aliphatic carbocycles. The van der Waals surface area contributed by atoms with Gasteiger partial charge in [-0.1, -0.05) is 101 Å². The molecule has 56 heavy (non-hydrogen) atoms. The Morgan fingerprint density at radius 1 is 0.500 bits per heavy atom. The highest BCUT2D eigenvalue weighted by Gasteiger charge is 2.23. The van der Waals surface area contributed by atoms with Crippen LogP contribution in [-0.2, 0) is 31.9 Å². The number of carbonyl (C=O) groups excluding carboxylic acids is 4. The number of carbonyl (C=O) groups is 4. The summed E-state index contributed by atoms with van der Waals surface area (Å²) in [5, 5.41) is 0. The molecule has 3 aromatic carbocycles. The van der Waals surface area contributed by atoms with Crippen molar-refractivity contribution < 1.29 is 38.1 Å². The van der Waals surface area contributed by atoms with Crippen LogP contribution in [0.15, 0.2) is 98.1 Å². The van der Waals surface area contributed by atoms with Gasteiger partial charge in [-0.05, 0) is 123 Å². The number of benzene rings is 3. The second kappa shape index (κ2) is 22.5. The summed E-state index contributed by atoms with van der Waals surface area (Å²) >= 11 is 0. The normalized spacial score (nSPS) is 19.3. The van der Waals surface area contributed by atoms with Crippen LogP contribution in [0, 0.1) is 23.7 Å². The van der Waals surface area contributed by atoms with Gasteiger partial charge in [0.2, 0.25) is 0 Å². The monoisotopic (exact) mass is 762 g/mol. The molecular formula is C48H58O8. The zero-order valence-electron chi connectivity index (χ0n) is 32.8. The van der Waals surface area contributed by atoms with Gasteiger partial charge < -0.3 is 18.9 Å². The minimum Gasteiger partial charge on any atom is -0.463 e. The van der Waals surface area contributed by atoms with Crippen LogP contribution in [0.1, 0.15) is 122 Å². The van der Waals surface area contributed by atoms with E-state index in [4.69, 9.17) is 18.9 Å². The lowest BCUT2D eigenvalue weighted by Gasteiger charge is -2.28. The van der Waals surface area contributed by atoms with Crippen molar-refractivity contribution in [2.24, 2.45) is 23.7 Å². The summed E-state index contributed by atoms with van der Waals surface area (Å²) in [5.74, 6) is 1.47. The molecule has 0 aromatic heterocycles. The third-order valence-corrected chi connectivity index (χ3v) is 11.6. The molecule has 0 aliphatic heterocycles. The molecule has 0 amide bonds. The number of aryl methyl sites for hydroxylation is 2. The molecule has 2 saturated carbocycles. The van der Waals surface area contributed by atoms with E-state index in [1.54, 1.807) is 48.5 Å². The van der Waals surface area contributed by atoms with Crippen molar-refractivity contribution in [3.05, 3.63) is 120 Å². The maximum Gasteiger partial charge on any atom is 0.343 e. The fraction of sp³-hybridized carbons (Fsp3) is 0.458. The Hall–Kier alpha value is -4.98. The summed E-state index contributed by atoms with van der Waals surface area (Å²) in [4.78, 5) is 48.6. The van der Waals surface area contributed by atoms with Gasteiger partial charge in [0.25, 0.3) is 0 Å². The van der Waals surface area contributed by atoms with Crippen LogP contribution < -0.4 is 9.47 Å². The van der Waals surface area contributed by atoms with Gasteiger partial charge in [0.1, 0.15) is 0 Å². The molecule has 8 heteroatoms. The SMILES string of the molecule is C=CC(=O)OCCCC1CCC(CCc2ccc(C(=O)Oc3ccccc3OC(=O)c3ccc(CCC4CCC(CCCOC(=O)C=C)CC4)cc3)cc2)CC1. The standard InChI is InChI=1S/C48H58O8/c1-3-45(49)53-33-7-9-35-13-17-37(18-14-35)21-23-39-25-29-41(30-26-39)47(51)55-43-11-5-6-12-44(43)56-48(52)42-31-27-40(28-32-42)24-22-38-19-15-36(16-20-38)10-8-34-54-46(50)4-2/h3-6,11-12,25-32,35-38H,1-2,7-10,13-24,33-34H2. The average molecular weight is 763 g/mol. The fourth-order valence-electron chi connectivity index (χ4n) is 8.12. The lowest BCUT2D eigenvalue weighted by molar-refractivity contribution is -0.138. The van der Waals surface area contributed by atoms with E-state index in [2.05, 4.69) is 13.2 Å². The quantitative estimate of drug-likeness (QED) is 0.0485. The highest BCUT2D eigenvalue weighted by Crippen LogP contribution is 2.35. The molecule has 3 aromatic rings. The fourth-order valence-corrected chi connectivity index (χ4v) is 8.12. The van der Waals surface area contributed by atoms with Crippen LogP contribution in [0.2, 0.25) is 0 Å². The van der Waals surface area contributed by atoms with Gasteiger partial charge in [-0.25, -0.2) is 19.2 Å². The first-order valence-electron chi connectivity index (χ1n) is 20.6. The van der Waals surface area contributed by atoms with Gasteiger partial charge >= 0.3 is 23.9 Å². The molecule has 0 radical (unpaired) electrons. The van der Waals surface area contributed by atoms with Crippen molar-refractivity contribution >= 4 is 23.9 Å². The largest absolute Gasteiger partial charge is 0.463 e. The van der Waals surface area contributed by atoms with Crippen LogP contribution in [-0.4, -0.2) is 37.1 Å². The molecule has 0 unspecified atom stereocenters. The van der Waals surface area contributed by atoms with E-state index >= 15 is 0 Å². The number of ether oxygens (including phenoxy) is 4. The zero-order chi connectivity index (χ0) is 39.5. The number of esters is 4. The number of hydrogen-bond acceptors (Lipinski definition) is 8. The maximum atomic E-state index is 13.1. The predicted molar refractivity (Wildman–Crippen MR) is 218 cm³/mol. The lowest BCUT2D eigenvalue weighted by Crippen LogP contribution is -2.16. The van der Waals surface area contributed by atoms with Crippen molar-refractivity contribution in [1.82, 2.24) is 0 Å². The second-order valence-corrected chi connectivity index (χ2v) is 15.5. The third kappa shape index (κ3) is 13.9. The van der Waals surface area contributed by atoms with E-state index in [-0.39, 0.29) is 23.4 Å². The number of rotatable bonds is 20. The van der Waals surface area contributed by atoms with E-state index < -0.39 is 11.9 Å². The molecule has 298 valence electrons. The summed E-state index contributed by atoms with van der Waals surface area (Å²) in [6.45, 7) is 7.80. The van der Waals surface area contributed by atoms with Crippen molar-refractivity contribution in [3.63, 3.8) is 0 Å². The van der Waals surface area contributed by atoms with Crippen molar-refractivity contribution in [3.8, 4) is 11.5 Å². The van der Waals surface area contributed by atoms with E-state index in [0.29, 0.717) is 48.0 Å². The number of hydrogen-bond donors (Lipinski definition) is 0. The summed E-state index contributed by atoms with van der Waals surface area (Å²) in [6.07, 6.45) is 20.4. The Bertz CT molecular complexity index is 1600. The molecule has 0 bridgehead atoms. The van der Waals surface area contributed by atoms with E-state index in [1.807, 2.05) is 24.3 Å². The van der Waals surface area contributed by atoms with Gasteiger partial charge in [0.15, 0.2) is 11.5 Å². The van der Waals surface area contributed by atoms with Gasteiger partial charge in [-0.2, -0.15) is 0 Å².